The van der Waals surface area contributed by atoms with Gasteiger partial charge in [0.05, 0.1) is 6.61 Å². The van der Waals surface area contributed by atoms with Crippen molar-refractivity contribution in [2.75, 3.05) is 6.61 Å². The molecule has 0 unspecified atom stereocenters. The number of ether oxygens (including phenoxy) is 1. The van der Waals surface area contributed by atoms with Crippen molar-refractivity contribution in [3.05, 3.63) is 89.0 Å². The van der Waals surface area contributed by atoms with Gasteiger partial charge in [-0.25, -0.2) is 17.6 Å². The van der Waals surface area contributed by atoms with E-state index in [9.17, 15) is 30.7 Å². The zero-order valence-corrected chi connectivity index (χ0v) is 18.9. The van der Waals surface area contributed by atoms with Crippen LogP contribution in [-0.4, -0.2) is 6.61 Å². The Kier molecular flexibility index (Phi) is 8.59. The Bertz CT molecular complexity index is 1140. The van der Waals surface area contributed by atoms with Crippen LogP contribution in [0.15, 0.2) is 60.7 Å². The Balaban J connectivity index is 1.75. The Morgan fingerprint density at radius 2 is 1.23 bits per heavy atom. The second kappa shape index (κ2) is 11.4. The van der Waals surface area contributed by atoms with Crippen LogP contribution < -0.4 is 4.74 Å². The fourth-order valence-electron chi connectivity index (χ4n) is 3.49. The van der Waals surface area contributed by atoms with Crippen molar-refractivity contribution in [3.8, 4) is 16.9 Å². The normalized spacial score (nSPS) is 12.5. The van der Waals surface area contributed by atoms with Gasteiger partial charge in [0.2, 0.25) is 0 Å². The molecule has 0 bridgehead atoms. The van der Waals surface area contributed by atoms with E-state index in [0.29, 0.717) is 24.5 Å². The van der Waals surface area contributed by atoms with E-state index in [0.717, 1.165) is 25.7 Å². The zero-order valence-electron chi connectivity index (χ0n) is 18.9. The van der Waals surface area contributed by atoms with Gasteiger partial charge in [-0.15, -0.1) is 0 Å². The minimum Gasteiger partial charge on any atom is -0.494 e. The maximum absolute atomic E-state index is 14.7. The molecular formula is C27H23F7O. The molecule has 1 nitrogen and oxygen atoms in total. The summed E-state index contributed by atoms with van der Waals surface area (Å²) < 4.78 is 101. The standard InChI is InChI=1S/C27H23F7O/c1-2-3-4-5-14-35-21-12-10-19(11-13-21)26(31)25(30)18-8-6-17(7-9-18)20-15-22(28)24(23(29)16-20)27(32,33)34/h6-13,15-16H,2-5,14H2,1H3/b26-25+. The molecule has 3 aromatic rings. The number of rotatable bonds is 9. The molecule has 0 aliphatic heterocycles. The number of halogens is 7. The minimum absolute atomic E-state index is 0.00297. The van der Waals surface area contributed by atoms with Crippen molar-refractivity contribution in [2.24, 2.45) is 0 Å². The molecule has 0 saturated carbocycles. The highest BCUT2D eigenvalue weighted by molar-refractivity contribution is 5.83. The molecule has 186 valence electrons. The summed E-state index contributed by atoms with van der Waals surface area (Å²) in [6, 6.07) is 11.8. The summed E-state index contributed by atoms with van der Waals surface area (Å²) in [5.41, 5.74) is -2.17. The molecule has 35 heavy (non-hydrogen) atoms. The van der Waals surface area contributed by atoms with Gasteiger partial charge >= 0.3 is 6.18 Å². The first-order chi connectivity index (χ1) is 16.6. The van der Waals surface area contributed by atoms with E-state index < -0.39 is 35.0 Å². The van der Waals surface area contributed by atoms with Crippen LogP contribution in [0.4, 0.5) is 30.7 Å². The lowest BCUT2D eigenvalue weighted by Crippen LogP contribution is -2.11. The monoisotopic (exact) mass is 496 g/mol. The lowest BCUT2D eigenvalue weighted by Gasteiger charge is -2.11. The topological polar surface area (TPSA) is 9.23 Å². The molecule has 0 aliphatic carbocycles. The largest absolute Gasteiger partial charge is 0.494 e. The lowest BCUT2D eigenvalue weighted by molar-refractivity contribution is -0.142. The van der Waals surface area contributed by atoms with Crippen LogP contribution in [0.1, 0.15) is 49.3 Å². The van der Waals surface area contributed by atoms with Crippen molar-refractivity contribution in [1.82, 2.24) is 0 Å². The van der Waals surface area contributed by atoms with Crippen LogP contribution in [-0.2, 0) is 6.18 Å². The molecule has 0 heterocycles. The van der Waals surface area contributed by atoms with Crippen molar-refractivity contribution >= 4 is 11.7 Å². The summed E-state index contributed by atoms with van der Waals surface area (Å²) in [4.78, 5) is 0. The van der Waals surface area contributed by atoms with Gasteiger partial charge in [0.15, 0.2) is 11.7 Å². The van der Waals surface area contributed by atoms with Crippen molar-refractivity contribution in [1.29, 1.82) is 0 Å². The number of hydrogen-bond acceptors (Lipinski definition) is 1. The summed E-state index contributed by atoms with van der Waals surface area (Å²) in [5, 5.41) is 0. The number of hydrogen-bond donors (Lipinski definition) is 0. The van der Waals surface area contributed by atoms with Crippen molar-refractivity contribution < 1.29 is 35.5 Å². The zero-order chi connectivity index (χ0) is 25.6. The third kappa shape index (κ3) is 6.65. The predicted octanol–water partition coefficient (Wildman–Crippen LogP) is 9.37. The van der Waals surface area contributed by atoms with Crippen LogP contribution in [0.2, 0.25) is 0 Å². The van der Waals surface area contributed by atoms with Crippen molar-refractivity contribution in [2.45, 2.75) is 38.8 Å². The first-order valence-electron chi connectivity index (χ1n) is 11.1. The highest BCUT2D eigenvalue weighted by Gasteiger charge is 2.38. The van der Waals surface area contributed by atoms with Crippen LogP contribution in [0.3, 0.4) is 0 Å². The first-order valence-corrected chi connectivity index (χ1v) is 11.1. The fraction of sp³-hybridized carbons (Fsp3) is 0.259. The summed E-state index contributed by atoms with van der Waals surface area (Å²) in [6.07, 6.45) is -0.989. The lowest BCUT2D eigenvalue weighted by atomic mass is 10.0. The Labute approximate surface area is 198 Å². The van der Waals surface area contributed by atoms with E-state index >= 15 is 0 Å². The fourth-order valence-corrected chi connectivity index (χ4v) is 3.49. The smallest absolute Gasteiger partial charge is 0.422 e. The summed E-state index contributed by atoms with van der Waals surface area (Å²) in [7, 11) is 0. The van der Waals surface area contributed by atoms with Gasteiger partial charge in [-0.1, -0.05) is 50.5 Å². The molecule has 0 aromatic heterocycles. The van der Waals surface area contributed by atoms with Gasteiger partial charge in [-0.2, -0.15) is 13.2 Å². The molecule has 8 heteroatoms. The second-order valence-corrected chi connectivity index (χ2v) is 7.95. The number of benzene rings is 3. The van der Waals surface area contributed by atoms with Gasteiger partial charge in [0.1, 0.15) is 22.9 Å². The first kappa shape index (κ1) is 26.3. The highest BCUT2D eigenvalue weighted by atomic mass is 19.4. The molecule has 0 atom stereocenters. The molecular weight excluding hydrogens is 473 g/mol. The van der Waals surface area contributed by atoms with Crippen molar-refractivity contribution in [3.63, 3.8) is 0 Å². The van der Waals surface area contributed by atoms with E-state index in [-0.39, 0.29) is 22.3 Å². The highest BCUT2D eigenvalue weighted by Crippen LogP contribution is 2.36. The Hall–Kier alpha value is -3.29. The quantitative estimate of drug-likeness (QED) is 0.163. The molecule has 0 aliphatic rings. The van der Waals surface area contributed by atoms with Gasteiger partial charge in [-0.3, -0.25) is 0 Å². The summed E-state index contributed by atoms with van der Waals surface area (Å²) in [5.74, 6) is -5.25. The summed E-state index contributed by atoms with van der Waals surface area (Å²) in [6.45, 7) is 2.64. The molecule has 0 radical (unpaired) electrons. The van der Waals surface area contributed by atoms with E-state index in [1.54, 1.807) is 12.1 Å². The Morgan fingerprint density at radius 3 is 1.71 bits per heavy atom. The van der Waals surface area contributed by atoms with Gasteiger partial charge < -0.3 is 4.74 Å². The van der Waals surface area contributed by atoms with E-state index in [1.165, 1.54) is 36.4 Å². The molecule has 0 spiro atoms. The molecule has 0 N–H and O–H groups in total. The van der Waals surface area contributed by atoms with E-state index in [4.69, 9.17) is 4.74 Å². The molecule has 3 aromatic carbocycles. The maximum atomic E-state index is 14.7. The summed E-state index contributed by atoms with van der Waals surface area (Å²) >= 11 is 0. The molecule has 0 fully saturated rings. The van der Waals surface area contributed by atoms with Gasteiger partial charge in [0.25, 0.3) is 0 Å². The minimum atomic E-state index is -5.18. The third-order valence-electron chi connectivity index (χ3n) is 5.36. The molecule has 3 rings (SSSR count). The number of unbranched alkanes of at least 4 members (excludes halogenated alkanes) is 3. The molecule has 0 amide bonds. The number of alkyl halides is 3. The average Bonchev–Trinajstić information content (AvgIpc) is 2.82. The van der Waals surface area contributed by atoms with Crippen LogP contribution in [0.25, 0.3) is 22.8 Å². The third-order valence-corrected chi connectivity index (χ3v) is 5.36. The predicted molar refractivity (Wildman–Crippen MR) is 122 cm³/mol. The van der Waals surface area contributed by atoms with Crippen LogP contribution in [0.5, 0.6) is 5.75 Å². The maximum Gasteiger partial charge on any atom is 0.422 e. The van der Waals surface area contributed by atoms with E-state index in [2.05, 4.69) is 6.92 Å². The van der Waals surface area contributed by atoms with Gasteiger partial charge in [0, 0.05) is 11.1 Å². The van der Waals surface area contributed by atoms with E-state index in [1.807, 2.05) is 0 Å². The SMILES string of the molecule is CCCCCCOc1ccc(/C(F)=C(\F)c2ccc(-c3cc(F)c(C(F)(F)F)c(F)c3)cc2)cc1. The Morgan fingerprint density at radius 1 is 0.714 bits per heavy atom. The molecule has 0 saturated heterocycles. The van der Waals surface area contributed by atoms with Crippen LogP contribution >= 0.6 is 0 Å². The van der Waals surface area contributed by atoms with Gasteiger partial charge in [-0.05, 0) is 53.9 Å². The second-order valence-electron chi connectivity index (χ2n) is 7.95. The van der Waals surface area contributed by atoms with Crippen LogP contribution in [0, 0.1) is 11.6 Å². The average molecular weight is 496 g/mol.